The minimum absolute atomic E-state index is 0.775. The molecule has 0 radical (unpaired) electrons. The molecule has 0 bridgehead atoms. The third-order valence-corrected chi connectivity index (χ3v) is 4.53. The van der Waals surface area contributed by atoms with E-state index in [4.69, 9.17) is 9.47 Å². The summed E-state index contributed by atoms with van der Waals surface area (Å²) in [5.74, 6) is 1.78. The number of thiazole rings is 1. The van der Waals surface area contributed by atoms with Crippen molar-refractivity contribution in [3.63, 3.8) is 0 Å². The average molecular weight is 313 g/mol. The van der Waals surface area contributed by atoms with Crippen molar-refractivity contribution >= 4 is 21.6 Å². The lowest BCUT2D eigenvalue weighted by molar-refractivity contribution is 0.309. The van der Waals surface area contributed by atoms with Gasteiger partial charge in [-0.3, -0.25) is 0 Å². The fourth-order valence-corrected chi connectivity index (χ4v) is 3.18. The van der Waals surface area contributed by atoms with E-state index in [0.29, 0.717) is 0 Å². The number of ether oxygens (including phenoxy) is 2. The fourth-order valence-electron chi connectivity index (χ4n) is 2.18. The van der Waals surface area contributed by atoms with Gasteiger partial charge in [0, 0.05) is 5.56 Å². The Labute approximate surface area is 134 Å². The number of hydrogen-bond acceptors (Lipinski definition) is 4. The number of rotatable bonds is 6. The van der Waals surface area contributed by atoms with Crippen LogP contribution in [0.1, 0.15) is 19.8 Å². The SMILES string of the molecule is CCCCOc1ccc(-c2nc3ccc(OC)cc3s2)cc1. The van der Waals surface area contributed by atoms with Crippen LogP contribution in [-0.2, 0) is 0 Å². The molecule has 0 saturated heterocycles. The van der Waals surface area contributed by atoms with Gasteiger partial charge in [0.05, 0.1) is 23.9 Å². The topological polar surface area (TPSA) is 31.4 Å². The molecule has 0 amide bonds. The molecule has 3 rings (SSSR count). The summed E-state index contributed by atoms with van der Waals surface area (Å²) >= 11 is 1.68. The number of methoxy groups -OCH3 is 1. The van der Waals surface area contributed by atoms with Gasteiger partial charge in [0.2, 0.25) is 0 Å². The van der Waals surface area contributed by atoms with Gasteiger partial charge in [0.15, 0.2) is 0 Å². The maximum absolute atomic E-state index is 5.69. The van der Waals surface area contributed by atoms with Crippen LogP contribution in [0.5, 0.6) is 11.5 Å². The van der Waals surface area contributed by atoms with E-state index in [1.807, 2.05) is 30.3 Å². The first-order chi connectivity index (χ1) is 10.8. The molecule has 3 nitrogen and oxygen atoms in total. The highest BCUT2D eigenvalue weighted by Gasteiger charge is 2.07. The van der Waals surface area contributed by atoms with E-state index in [1.165, 1.54) is 0 Å². The van der Waals surface area contributed by atoms with Crippen LogP contribution in [0.15, 0.2) is 42.5 Å². The predicted octanol–water partition coefficient (Wildman–Crippen LogP) is 5.15. The number of unbranched alkanes of at least 4 members (excludes halogenated alkanes) is 1. The first kappa shape index (κ1) is 14.9. The molecule has 0 aliphatic rings. The molecule has 0 unspecified atom stereocenters. The van der Waals surface area contributed by atoms with Crippen molar-refractivity contribution in [1.29, 1.82) is 0 Å². The molecule has 0 saturated carbocycles. The average Bonchev–Trinajstić information content (AvgIpc) is 2.98. The van der Waals surface area contributed by atoms with Gasteiger partial charge < -0.3 is 9.47 Å². The molecule has 2 aromatic carbocycles. The largest absolute Gasteiger partial charge is 0.497 e. The summed E-state index contributed by atoms with van der Waals surface area (Å²) in [7, 11) is 1.68. The lowest BCUT2D eigenvalue weighted by Gasteiger charge is -2.05. The third-order valence-electron chi connectivity index (χ3n) is 3.46. The Balaban J connectivity index is 1.81. The van der Waals surface area contributed by atoms with Crippen LogP contribution in [0.25, 0.3) is 20.8 Å². The summed E-state index contributed by atoms with van der Waals surface area (Å²) in [5.41, 5.74) is 2.12. The second-order valence-corrected chi connectivity index (χ2v) is 6.11. The second kappa shape index (κ2) is 6.79. The predicted molar refractivity (Wildman–Crippen MR) is 92.0 cm³/mol. The highest BCUT2D eigenvalue weighted by atomic mass is 32.1. The van der Waals surface area contributed by atoms with Gasteiger partial charge in [-0.05, 0) is 48.9 Å². The van der Waals surface area contributed by atoms with Crippen molar-refractivity contribution in [2.24, 2.45) is 0 Å². The summed E-state index contributed by atoms with van der Waals surface area (Å²) in [6.07, 6.45) is 2.23. The van der Waals surface area contributed by atoms with Crippen LogP contribution < -0.4 is 9.47 Å². The second-order valence-electron chi connectivity index (χ2n) is 5.08. The van der Waals surface area contributed by atoms with Gasteiger partial charge in [-0.1, -0.05) is 13.3 Å². The lowest BCUT2D eigenvalue weighted by atomic mass is 10.2. The molecule has 22 heavy (non-hydrogen) atoms. The van der Waals surface area contributed by atoms with Gasteiger partial charge in [-0.15, -0.1) is 11.3 Å². The maximum atomic E-state index is 5.69. The maximum Gasteiger partial charge on any atom is 0.124 e. The Kier molecular flexibility index (Phi) is 4.59. The quantitative estimate of drug-likeness (QED) is 0.590. The molecule has 0 aliphatic heterocycles. The van der Waals surface area contributed by atoms with E-state index >= 15 is 0 Å². The third kappa shape index (κ3) is 3.22. The molecular formula is C18H19NO2S. The zero-order chi connectivity index (χ0) is 15.4. The van der Waals surface area contributed by atoms with Gasteiger partial charge in [-0.25, -0.2) is 4.98 Å². The fraction of sp³-hybridized carbons (Fsp3) is 0.278. The number of hydrogen-bond donors (Lipinski definition) is 0. The minimum Gasteiger partial charge on any atom is -0.497 e. The van der Waals surface area contributed by atoms with Crippen LogP contribution in [0.4, 0.5) is 0 Å². The molecule has 0 fully saturated rings. The molecule has 0 atom stereocenters. The van der Waals surface area contributed by atoms with Crippen molar-refractivity contribution in [3.8, 4) is 22.1 Å². The Hall–Kier alpha value is -2.07. The highest BCUT2D eigenvalue weighted by molar-refractivity contribution is 7.21. The number of benzene rings is 2. The first-order valence-electron chi connectivity index (χ1n) is 7.48. The number of fused-ring (bicyclic) bond motifs is 1. The summed E-state index contributed by atoms with van der Waals surface area (Å²) in [6.45, 7) is 2.94. The van der Waals surface area contributed by atoms with Crippen LogP contribution >= 0.6 is 11.3 Å². The van der Waals surface area contributed by atoms with Gasteiger partial charge in [0.25, 0.3) is 0 Å². The summed E-state index contributed by atoms with van der Waals surface area (Å²) in [5, 5.41) is 1.02. The van der Waals surface area contributed by atoms with Crippen molar-refractivity contribution in [3.05, 3.63) is 42.5 Å². The molecule has 4 heteroatoms. The Morgan fingerprint density at radius 3 is 2.55 bits per heavy atom. The van der Waals surface area contributed by atoms with Crippen LogP contribution in [-0.4, -0.2) is 18.7 Å². The monoisotopic (exact) mass is 313 g/mol. The Bertz CT molecular complexity index is 749. The zero-order valence-electron chi connectivity index (χ0n) is 12.8. The van der Waals surface area contributed by atoms with E-state index < -0.39 is 0 Å². The molecule has 1 aromatic heterocycles. The molecule has 114 valence electrons. The summed E-state index contributed by atoms with van der Waals surface area (Å²) in [4.78, 5) is 4.69. The number of nitrogens with zero attached hydrogens (tertiary/aromatic N) is 1. The zero-order valence-corrected chi connectivity index (χ0v) is 13.7. The highest BCUT2D eigenvalue weighted by Crippen LogP contribution is 2.32. The van der Waals surface area contributed by atoms with Gasteiger partial charge in [0.1, 0.15) is 16.5 Å². The minimum atomic E-state index is 0.775. The Morgan fingerprint density at radius 1 is 1.05 bits per heavy atom. The van der Waals surface area contributed by atoms with Crippen LogP contribution in [0, 0.1) is 0 Å². The smallest absolute Gasteiger partial charge is 0.124 e. The van der Waals surface area contributed by atoms with E-state index in [0.717, 1.165) is 51.7 Å². The van der Waals surface area contributed by atoms with E-state index in [9.17, 15) is 0 Å². The first-order valence-corrected chi connectivity index (χ1v) is 8.29. The lowest BCUT2D eigenvalue weighted by Crippen LogP contribution is -1.95. The molecule has 3 aromatic rings. The summed E-state index contributed by atoms with van der Waals surface area (Å²) in [6, 6.07) is 14.1. The van der Waals surface area contributed by atoms with E-state index in [1.54, 1.807) is 18.4 Å². The van der Waals surface area contributed by atoms with E-state index in [2.05, 4.69) is 24.0 Å². The van der Waals surface area contributed by atoms with Crippen LogP contribution in [0.3, 0.4) is 0 Å². The molecule has 0 N–H and O–H groups in total. The summed E-state index contributed by atoms with van der Waals surface area (Å²) < 4.78 is 12.1. The van der Waals surface area contributed by atoms with Crippen molar-refractivity contribution < 1.29 is 9.47 Å². The van der Waals surface area contributed by atoms with Gasteiger partial charge in [-0.2, -0.15) is 0 Å². The molecule has 0 spiro atoms. The van der Waals surface area contributed by atoms with Gasteiger partial charge >= 0.3 is 0 Å². The molecule has 0 aliphatic carbocycles. The normalized spacial score (nSPS) is 10.8. The standard InChI is InChI=1S/C18H19NO2S/c1-3-4-11-21-14-7-5-13(6-8-14)18-19-16-10-9-15(20-2)12-17(16)22-18/h5-10,12H,3-4,11H2,1-2H3. The number of aromatic nitrogens is 1. The Morgan fingerprint density at radius 2 is 1.82 bits per heavy atom. The molecular weight excluding hydrogens is 294 g/mol. The van der Waals surface area contributed by atoms with Crippen molar-refractivity contribution in [2.75, 3.05) is 13.7 Å². The molecule has 1 heterocycles. The van der Waals surface area contributed by atoms with E-state index in [-0.39, 0.29) is 0 Å². The van der Waals surface area contributed by atoms with Crippen molar-refractivity contribution in [2.45, 2.75) is 19.8 Å². The van der Waals surface area contributed by atoms with Crippen molar-refractivity contribution in [1.82, 2.24) is 4.98 Å². The van der Waals surface area contributed by atoms with Crippen LogP contribution in [0.2, 0.25) is 0 Å².